The van der Waals surface area contributed by atoms with Crippen LogP contribution in [0.15, 0.2) is 54.9 Å². The van der Waals surface area contributed by atoms with Gasteiger partial charge in [0.2, 0.25) is 0 Å². The molecule has 25 heavy (non-hydrogen) atoms. The molecule has 3 rings (SSSR count). The van der Waals surface area contributed by atoms with Gasteiger partial charge in [-0.1, -0.05) is 12.1 Å². The number of nitrogens with zero attached hydrogens (tertiary/aromatic N) is 2. The van der Waals surface area contributed by atoms with Crippen LogP contribution in [0.5, 0.6) is 11.5 Å². The number of anilines is 1. The van der Waals surface area contributed by atoms with E-state index in [1.54, 1.807) is 13.4 Å². The molecule has 1 aromatic heterocycles. The number of benzene rings is 2. The molecular formula is C20H23N3O2. The Bertz CT molecular complexity index is 785. The highest BCUT2D eigenvalue weighted by Crippen LogP contribution is 2.19. The van der Waals surface area contributed by atoms with Gasteiger partial charge in [-0.05, 0) is 55.7 Å². The second-order valence-electron chi connectivity index (χ2n) is 5.75. The van der Waals surface area contributed by atoms with Crippen LogP contribution < -0.4 is 14.8 Å². The summed E-state index contributed by atoms with van der Waals surface area (Å²) in [6.07, 6.45) is 4.81. The van der Waals surface area contributed by atoms with Gasteiger partial charge in [0.05, 0.1) is 19.2 Å². The number of unbranched alkanes of at least 4 members (excludes halogenated alkanes) is 2. The lowest BCUT2D eigenvalue weighted by Gasteiger charge is -2.09. The molecule has 0 bridgehead atoms. The molecule has 0 aliphatic heterocycles. The third-order valence-corrected chi connectivity index (χ3v) is 3.98. The quantitative estimate of drug-likeness (QED) is 0.590. The fourth-order valence-corrected chi connectivity index (χ4v) is 2.62. The average molecular weight is 337 g/mol. The van der Waals surface area contributed by atoms with E-state index in [0.717, 1.165) is 60.6 Å². The molecule has 0 atom stereocenters. The van der Waals surface area contributed by atoms with Gasteiger partial charge in [0, 0.05) is 11.9 Å². The van der Waals surface area contributed by atoms with Crippen LogP contribution in [0.25, 0.3) is 10.9 Å². The maximum Gasteiger partial charge on any atom is 0.137 e. The van der Waals surface area contributed by atoms with Crippen molar-refractivity contribution in [1.29, 1.82) is 0 Å². The van der Waals surface area contributed by atoms with E-state index in [1.807, 2.05) is 48.5 Å². The van der Waals surface area contributed by atoms with E-state index < -0.39 is 0 Å². The zero-order valence-electron chi connectivity index (χ0n) is 14.4. The lowest BCUT2D eigenvalue weighted by Crippen LogP contribution is -2.05. The fraction of sp³-hybridized carbons (Fsp3) is 0.300. The molecule has 5 heteroatoms. The van der Waals surface area contributed by atoms with Crippen LogP contribution in [0.1, 0.15) is 19.3 Å². The second-order valence-corrected chi connectivity index (χ2v) is 5.75. The molecule has 5 nitrogen and oxygen atoms in total. The highest BCUT2D eigenvalue weighted by atomic mass is 16.5. The van der Waals surface area contributed by atoms with Crippen molar-refractivity contribution in [3.8, 4) is 11.5 Å². The van der Waals surface area contributed by atoms with E-state index in [9.17, 15) is 0 Å². The average Bonchev–Trinajstić information content (AvgIpc) is 2.68. The predicted molar refractivity (Wildman–Crippen MR) is 100 cm³/mol. The van der Waals surface area contributed by atoms with Gasteiger partial charge < -0.3 is 14.8 Å². The van der Waals surface area contributed by atoms with Crippen LogP contribution in [-0.2, 0) is 0 Å². The number of hydrogen-bond acceptors (Lipinski definition) is 5. The van der Waals surface area contributed by atoms with Crippen molar-refractivity contribution < 1.29 is 9.47 Å². The molecule has 0 radical (unpaired) electrons. The maximum absolute atomic E-state index is 5.73. The molecule has 0 spiro atoms. The minimum absolute atomic E-state index is 0.725. The van der Waals surface area contributed by atoms with Crippen LogP contribution in [0.3, 0.4) is 0 Å². The molecule has 0 unspecified atom stereocenters. The van der Waals surface area contributed by atoms with Gasteiger partial charge in [-0.2, -0.15) is 0 Å². The summed E-state index contributed by atoms with van der Waals surface area (Å²) in [5.74, 6) is 2.63. The molecule has 2 aromatic carbocycles. The molecular weight excluding hydrogens is 314 g/mol. The Balaban J connectivity index is 1.34. The van der Waals surface area contributed by atoms with Gasteiger partial charge >= 0.3 is 0 Å². The van der Waals surface area contributed by atoms with E-state index in [1.165, 1.54) is 0 Å². The van der Waals surface area contributed by atoms with Crippen molar-refractivity contribution in [1.82, 2.24) is 9.97 Å². The molecule has 1 heterocycles. The van der Waals surface area contributed by atoms with Crippen molar-refractivity contribution >= 4 is 16.7 Å². The van der Waals surface area contributed by atoms with Crippen molar-refractivity contribution in [3.63, 3.8) is 0 Å². The highest BCUT2D eigenvalue weighted by Gasteiger charge is 2.01. The smallest absolute Gasteiger partial charge is 0.137 e. The van der Waals surface area contributed by atoms with E-state index in [0.29, 0.717) is 0 Å². The van der Waals surface area contributed by atoms with E-state index >= 15 is 0 Å². The summed E-state index contributed by atoms with van der Waals surface area (Å²) in [7, 11) is 1.66. The van der Waals surface area contributed by atoms with Crippen LogP contribution in [0, 0.1) is 0 Å². The summed E-state index contributed by atoms with van der Waals surface area (Å²) in [5.41, 5.74) is 0.966. The largest absolute Gasteiger partial charge is 0.497 e. The lowest BCUT2D eigenvalue weighted by molar-refractivity contribution is 0.305. The summed E-state index contributed by atoms with van der Waals surface area (Å²) in [6.45, 7) is 1.62. The Morgan fingerprint density at radius 3 is 2.52 bits per heavy atom. The number of rotatable bonds is 9. The number of methoxy groups -OCH3 is 1. The Labute approximate surface area is 148 Å². The summed E-state index contributed by atoms with van der Waals surface area (Å²) in [4.78, 5) is 8.61. The normalized spacial score (nSPS) is 10.6. The monoisotopic (exact) mass is 337 g/mol. The first-order valence-corrected chi connectivity index (χ1v) is 8.57. The molecule has 1 N–H and O–H groups in total. The Hall–Kier alpha value is -2.82. The van der Waals surface area contributed by atoms with Gasteiger partial charge in [-0.3, -0.25) is 0 Å². The number of nitrogens with one attached hydrogen (secondary N) is 1. The Morgan fingerprint density at radius 2 is 1.68 bits per heavy atom. The van der Waals surface area contributed by atoms with Gasteiger partial charge in [-0.25, -0.2) is 9.97 Å². The lowest BCUT2D eigenvalue weighted by atomic mass is 10.2. The summed E-state index contributed by atoms with van der Waals surface area (Å²) in [5, 5.41) is 4.47. The van der Waals surface area contributed by atoms with Gasteiger partial charge in [0.1, 0.15) is 23.6 Å². The number of ether oxygens (including phenoxy) is 2. The summed E-state index contributed by atoms with van der Waals surface area (Å²) < 4.78 is 10.9. The molecule has 130 valence electrons. The molecule has 3 aromatic rings. The first kappa shape index (κ1) is 17.0. The van der Waals surface area contributed by atoms with Crippen LogP contribution in [-0.4, -0.2) is 30.2 Å². The minimum atomic E-state index is 0.725. The van der Waals surface area contributed by atoms with Crippen LogP contribution in [0.2, 0.25) is 0 Å². The van der Waals surface area contributed by atoms with E-state index in [-0.39, 0.29) is 0 Å². The first-order valence-electron chi connectivity index (χ1n) is 8.57. The second kappa shape index (κ2) is 8.87. The van der Waals surface area contributed by atoms with Gasteiger partial charge in [0.15, 0.2) is 0 Å². The van der Waals surface area contributed by atoms with Gasteiger partial charge in [-0.15, -0.1) is 0 Å². The summed E-state index contributed by atoms with van der Waals surface area (Å²) in [6, 6.07) is 15.7. The van der Waals surface area contributed by atoms with Crippen molar-refractivity contribution in [2.24, 2.45) is 0 Å². The van der Waals surface area contributed by atoms with Crippen LogP contribution in [0.4, 0.5) is 5.82 Å². The molecule has 0 aliphatic rings. The highest BCUT2D eigenvalue weighted by molar-refractivity contribution is 5.88. The molecule has 0 amide bonds. The molecule has 0 fully saturated rings. The molecule has 0 aliphatic carbocycles. The van der Waals surface area contributed by atoms with Crippen molar-refractivity contribution in [2.45, 2.75) is 19.3 Å². The van der Waals surface area contributed by atoms with Crippen molar-refractivity contribution in [3.05, 3.63) is 54.9 Å². The third-order valence-electron chi connectivity index (χ3n) is 3.98. The Morgan fingerprint density at radius 1 is 0.880 bits per heavy atom. The number of para-hydroxylation sites is 1. The number of aromatic nitrogens is 2. The molecule has 0 saturated carbocycles. The van der Waals surface area contributed by atoms with Crippen molar-refractivity contribution in [2.75, 3.05) is 25.6 Å². The topological polar surface area (TPSA) is 56.3 Å². The SMILES string of the molecule is COc1ccc(OCCCCCNc2ncnc3ccccc23)cc1. The van der Waals surface area contributed by atoms with Gasteiger partial charge in [0.25, 0.3) is 0 Å². The van der Waals surface area contributed by atoms with E-state index in [4.69, 9.17) is 9.47 Å². The summed E-state index contributed by atoms with van der Waals surface area (Å²) >= 11 is 0. The predicted octanol–water partition coefficient (Wildman–Crippen LogP) is 4.30. The molecule has 0 saturated heterocycles. The third kappa shape index (κ3) is 4.83. The first-order chi connectivity index (χ1) is 12.4. The fourth-order valence-electron chi connectivity index (χ4n) is 2.62. The number of fused-ring (bicyclic) bond motifs is 1. The Kier molecular flexibility index (Phi) is 6.04. The van der Waals surface area contributed by atoms with Crippen LogP contribution >= 0.6 is 0 Å². The maximum atomic E-state index is 5.73. The zero-order chi connectivity index (χ0) is 17.3. The minimum Gasteiger partial charge on any atom is -0.497 e. The number of hydrogen-bond donors (Lipinski definition) is 1. The van der Waals surface area contributed by atoms with E-state index in [2.05, 4.69) is 15.3 Å². The zero-order valence-corrected chi connectivity index (χ0v) is 14.4. The standard InChI is InChI=1S/C20H23N3O2/c1-24-16-9-11-17(12-10-16)25-14-6-2-5-13-21-20-18-7-3-4-8-19(18)22-15-23-20/h3-4,7-12,15H,2,5-6,13-14H2,1H3,(H,21,22,23).